The van der Waals surface area contributed by atoms with Gasteiger partial charge >= 0.3 is 6.09 Å². The van der Waals surface area contributed by atoms with Gasteiger partial charge in [0, 0.05) is 12.6 Å². The van der Waals surface area contributed by atoms with Crippen LogP contribution in [0.3, 0.4) is 0 Å². The van der Waals surface area contributed by atoms with Crippen LogP contribution in [0, 0.1) is 0 Å². The predicted molar refractivity (Wildman–Crippen MR) is 42.8 cm³/mol. The quantitative estimate of drug-likeness (QED) is 0.497. The van der Waals surface area contributed by atoms with Crippen LogP contribution in [0.5, 0.6) is 0 Å². The van der Waals surface area contributed by atoms with Gasteiger partial charge in [0.1, 0.15) is 0 Å². The number of amides is 1. The van der Waals surface area contributed by atoms with Crippen molar-refractivity contribution in [3.8, 4) is 0 Å². The van der Waals surface area contributed by atoms with Crippen molar-refractivity contribution in [3.05, 3.63) is 0 Å². The predicted octanol–water partition coefficient (Wildman–Crippen LogP) is -0.552. The first-order chi connectivity index (χ1) is 5.66. The molecule has 1 aliphatic heterocycles. The Morgan fingerprint density at radius 1 is 1.67 bits per heavy atom. The van der Waals surface area contributed by atoms with Crippen LogP contribution in [-0.4, -0.2) is 46.4 Å². The van der Waals surface area contributed by atoms with Crippen molar-refractivity contribution in [2.24, 2.45) is 5.73 Å². The molecule has 1 amide bonds. The van der Waals surface area contributed by atoms with E-state index >= 15 is 0 Å². The molecule has 70 valence electrons. The standard InChI is InChI=1S/C7H14N2O3/c8-5-2-1-3-9(7(11)12)6(5)4-10/h5-6,10H,1-4,8H2,(H,11,12). The molecule has 2 atom stereocenters. The third-order valence-electron chi connectivity index (χ3n) is 2.26. The van der Waals surface area contributed by atoms with Gasteiger partial charge in [-0.2, -0.15) is 0 Å². The summed E-state index contributed by atoms with van der Waals surface area (Å²) in [6.07, 6.45) is 0.572. The number of aliphatic hydroxyl groups is 1. The van der Waals surface area contributed by atoms with Crippen LogP contribution < -0.4 is 5.73 Å². The number of aliphatic hydroxyl groups excluding tert-OH is 1. The number of hydrogen-bond acceptors (Lipinski definition) is 3. The first-order valence-electron chi connectivity index (χ1n) is 4.03. The molecule has 0 aliphatic carbocycles. The molecule has 5 heteroatoms. The maximum absolute atomic E-state index is 10.6. The van der Waals surface area contributed by atoms with Gasteiger partial charge in [-0.05, 0) is 12.8 Å². The number of rotatable bonds is 1. The van der Waals surface area contributed by atoms with E-state index in [1.165, 1.54) is 4.90 Å². The molecule has 1 heterocycles. The van der Waals surface area contributed by atoms with Crippen LogP contribution in [0.15, 0.2) is 0 Å². The summed E-state index contributed by atoms with van der Waals surface area (Å²) in [5, 5.41) is 17.6. The highest BCUT2D eigenvalue weighted by atomic mass is 16.4. The van der Waals surface area contributed by atoms with Crippen LogP contribution >= 0.6 is 0 Å². The zero-order valence-electron chi connectivity index (χ0n) is 6.81. The largest absolute Gasteiger partial charge is 0.465 e. The second-order valence-electron chi connectivity index (χ2n) is 3.03. The Morgan fingerprint density at radius 2 is 2.33 bits per heavy atom. The summed E-state index contributed by atoms with van der Waals surface area (Å²) in [5.74, 6) is 0. The highest BCUT2D eigenvalue weighted by Gasteiger charge is 2.31. The normalized spacial score (nSPS) is 30.3. The van der Waals surface area contributed by atoms with Crippen molar-refractivity contribution in [1.29, 1.82) is 0 Å². The minimum absolute atomic E-state index is 0.187. The molecule has 1 rings (SSSR count). The lowest BCUT2D eigenvalue weighted by molar-refractivity contribution is 0.0675. The summed E-state index contributed by atoms with van der Waals surface area (Å²) in [7, 11) is 0. The molecule has 0 spiro atoms. The number of nitrogens with two attached hydrogens (primary N) is 1. The van der Waals surface area contributed by atoms with E-state index in [-0.39, 0.29) is 12.6 Å². The zero-order valence-corrected chi connectivity index (χ0v) is 6.81. The number of likely N-dealkylation sites (tertiary alicyclic amines) is 1. The van der Waals surface area contributed by atoms with Crippen LogP contribution in [0.2, 0.25) is 0 Å². The smallest absolute Gasteiger partial charge is 0.407 e. The molecular formula is C7H14N2O3. The van der Waals surface area contributed by atoms with Gasteiger partial charge in [-0.25, -0.2) is 4.79 Å². The highest BCUT2D eigenvalue weighted by molar-refractivity contribution is 5.65. The third-order valence-corrected chi connectivity index (χ3v) is 2.26. The number of nitrogens with zero attached hydrogens (tertiary/aromatic N) is 1. The summed E-state index contributed by atoms with van der Waals surface area (Å²) >= 11 is 0. The molecule has 12 heavy (non-hydrogen) atoms. The van der Waals surface area contributed by atoms with Crippen LogP contribution in [0.1, 0.15) is 12.8 Å². The second kappa shape index (κ2) is 3.73. The lowest BCUT2D eigenvalue weighted by atomic mass is 9.98. The molecule has 4 N–H and O–H groups in total. The van der Waals surface area contributed by atoms with Crippen LogP contribution in [-0.2, 0) is 0 Å². The van der Waals surface area contributed by atoms with E-state index in [2.05, 4.69) is 0 Å². The lowest BCUT2D eigenvalue weighted by Crippen LogP contribution is -2.55. The number of hydrogen-bond donors (Lipinski definition) is 3. The van der Waals surface area contributed by atoms with E-state index in [0.717, 1.165) is 12.8 Å². The molecule has 1 saturated heterocycles. The molecule has 0 bridgehead atoms. The average molecular weight is 174 g/mol. The minimum Gasteiger partial charge on any atom is -0.465 e. The van der Waals surface area contributed by atoms with E-state index in [4.69, 9.17) is 15.9 Å². The van der Waals surface area contributed by atoms with E-state index in [1.807, 2.05) is 0 Å². The van der Waals surface area contributed by atoms with Crippen LogP contribution in [0.4, 0.5) is 4.79 Å². The maximum Gasteiger partial charge on any atom is 0.407 e. The lowest BCUT2D eigenvalue weighted by Gasteiger charge is -2.36. The second-order valence-corrected chi connectivity index (χ2v) is 3.03. The number of piperidine rings is 1. The van der Waals surface area contributed by atoms with E-state index in [9.17, 15) is 4.79 Å². The summed E-state index contributed by atoms with van der Waals surface area (Å²) in [6.45, 7) is 0.293. The van der Waals surface area contributed by atoms with Crippen molar-refractivity contribution in [1.82, 2.24) is 4.90 Å². The first-order valence-corrected chi connectivity index (χ1v) is 4.03. The van der Waals surface area contributed by atoms with Gasteiger partial charge in [0.15, 0.2) is 0 Å². The monoisotopic (exact) mass is 174 g/mol. The van der Waals surface area contributed by atoms with E-state index < -0.39 is 12.1 Å². The topological polar surface area (TPSA) is 86.8 Å². The van der Waals surface area contributed by atoms with Crippen molar-refractivity contribution in [2.45, 2.75) is 24.9 Å². The maximum atomic E-state index is 10.6. The van der Waals surface area contributed by atoms with Crippen molar-refractivity contribution in [2.75, 3.05) is 13.2 Å². The third kappa shape index (κ3) is 1.67. The van der Waals surface area contributed by atoms with Crippen molar-refractivity contribution in [3.63, 3.8) is 0 Å². The van der Waals surface area contributed by atoms with Gasteiger partial charge in [-0.15, -0.1) is 0 Å². The Labute approximate surface area is 70.8 Å². The van der Waals surface area contributed by atoms with Gasteiger partial charge in [0.25, 0.3) is 0 Å². The van der Waals surface area contributed by atoms with Crippen LogP contribution in [0.25, 0.3) is 0 Å². The Balaban J connectivity index is 2.64. The van der Waals surface area contributed by atoms with Gasteiger partial charge in [-0.1, -0.05) is 0 Å². The number of carbonyl (C=O) groups is 1. The summed E-state index contributed by atoms with van der Waals surface area (Å²) in [5.41, 5.74) is 5.65. The van der Waals surface area contributed by atoms with Gasteiger partial charge in [0.05, 0.1) is 12.6 Å². The molecule has 0 radical (unpaired) electrons. The zero-order chi connectivity index (χ0) is 9.14. The Bertz CT molecular complexity index is 174. The Hall–Kier alpha value is -0.810. The van der Waals surface area contributed by atoms with Crippen molar-refractivity contribution < 1.29 is 15.0 Å². The minimum atomic E-state index is -0.996. The number of carboxylic acid groups (broad SMARTS) is 1. The Morgan fingerprint density at radius 3 is 2.75 bits per heavy atom. The molecule has 5 nitrogen and oxygen atoms in total. The molecule has 1 fully saturated rings. The summed E-state index contributed by atoms with van der Waals surface area (Å²) < 4.78 is 0. The van der Waals surface area contributed by atoms with Crippen molar-refractivity contribution >= 4 is 6.09 Å². The molecular weight excluding hydrogens is 160 g/mol. The molecule has 1 aliphatic rings. The Kier molecular flexibility index (Phi) is 2.88. The summed E-state index contributed by atoms with van der Waals surface area (Å²) in [6, 6.07) is -0.643. The first kappa shape index (κ1) is 9.28. The van der Waals surface area contributed by atoms with Gasteiger partial charge in [0.2, 0.25) is 0 Å². The fourth-order valence-electron chi connectivity index (χ4n) is 1.56. The molecule has 0 aromatic carbocycles. The highest BCUT2D eigenvalue weighted by Crippen LogP contribution is 2.15. The van der Waals surface area contributed by atoms with Gasteiger partial charge in [-0.3, -0.25) is 0 Å². The average Bonchev–Trinajstić information content (AvgIpc) is 2.03. The summed E-state index contributed by atoms with van der Waals surface area (Å²) in [4.78, 5) is 11.8. The molecule has 0 saturated carbocycles. The fraction of sp³-hybridized carbons (Fsp3) is 0.857. The SMILES string of the molecule is NC1CCCN(C(=O)O)C1CO. The van der Waals surface area contributed by atoms with Gasteiger partial charge < -0.3 is 20.8 Å². The molecule has 0 aromatic heterocycles. The molecule has 0 aromatic rings. The molecule has 2 unspecified atom stereocenters. The van der Waals surface area contributed by atoms with E-state index in [1.54, 1.807) is 0 Å². The van der Waals surface area contributed by atoms with E-state index in [0.29, 0.717) is 6.54 Å². The fourth-order valence-corrected chi connectivity index (χ4v) is 1.56.